The van der Waals surface area contributed by atoms with Crippen LogP contribution in [0.4, 0.5) is 0 Å². The molecule has 26 heavy (non-hydrogen) atoms. The molecule has 3 aromatic rings. The number of hydrogen-bond donors (Lipinski definition) is 2. The van der Waals surface area contributed by atoms with Gasteiger partial charge in [-0.2, -0.15) is 0 Å². The quantitative estimate of drug-likeness (QED) is 0.696. The molecule has 0 spiro atoms. The first-order valence-electron chi connectivity index (χ1n) is 9.14. The van der Waals surface area contributed by atoms with Gasteiger partial charge in [0.1, 0.15) is 0 Å². The minimum atomic E-state index is 0.0989. The largest absolute Gasteiger partial charge is 0.358 e. The second kappa shape index (κ2) is 6.81. The Morgan fingerprint density at radius 3 is 2.85 bits per heavy atom. The van der Waals surface area contributed by atoms with Gasteiger partial charge in [0.25, 0.3) is 0 Å². The number of nitrogens with one attached hydrogen (secondary N) is 2. The van der Waals surface area contributed by atoms with E-state index in [1.165, 1.54) is 27.7 Å². The number of carbonyl (C=O) groups is 1. The summed E-state index contributed by atoms with van der Waals surface area (Å²) in [6, 6.07) is 12.3. The summed E-state index contributed by atoms with van der Waals surface area (Å²) in [6.07, 6.45) is 3.21. The van der Waals surface area contributed by atoms with Gasteiger partial charge in [-0.25, -0.2) is 0 Å². The van der Waals surface area contributed by atoms with Crippen molar-refractivity contribution in [2.75, 3.05) is 0 Å². The molecule has 1 aromatic heterocycles. The third-order valence-corrected chi connectivity index (χ3v) is 5.65. The van der Waals surface area contributed by atoms with Gasteiger partial charge < -0.3 is 10.3 Å². The third-order valence-electron chi connectivity index (χ3n) is 5.44. The highest BCUT2D eigenvalue weighted by Gasteiger charge is 2.24. The van der Waals surface area contributed by atoms with Crippen LogP contribution in [0.25, 0.3) is 10.9 Å². The molecule has 3 nitrogen and oxygen atoms in total. The molecule has 2 N–H and O–H groups in total. The molecule has 0 saturated carbocycles. The number of H-pyrrole nitrogens is 1. The molecule has 0 aliphatic heterocycles. The molecule has 0 saturated heterocycles. The molecule has 1 aliphatic rings. The molecule has 4 rings (SSSR count). The Labute approximate surface area is 158 Å². The molecule has 4 heteroatoms. The highest BCUT2D eigenvalue weighted by Crippen LogP contribution is 2.33. The van der Waals surface area contributed by atoms with Gasteiger partial charge in [-0.3, -0.25) is 4.79 Å². The van der Waals surface area contributed by atoms with Crippen LogP contribution in [-0.4, -0.2) is 16.9 Å². The Hall–Kier alpha value is -2.26. The zero-order chi connectivity index (χ0) is 18.3. The number of aromatic amines is 1. The summed E-state index contributed by atoms with van der Waals surface area (Å²) in [4.78, 5) is 16.1. The topological polar surface area (TPSA) is 44.9 Å². The van der Waals surface area contributed by atoms with Gasteiger partial charge in [-0.15, -0.1) is 0 Å². The molecule has 1 atom stereocenters. The highest BCUT2D eigenvalue weighted by molar-refractivity contribution is 6.31. The number of amides is 1. The molecule has 0 fully saturated rings. The van der Waals surface area contributed by atoms with Gasteiger partial charge >= 0.3 is 0 Å². The van der Waals surface area contributed by atoms with Crippen molar-refractivity contribution in [2.45, 2.75) is 45.6 Å². The standard InChI is InChI=1S/C22H23ClN2O/c1-13-5-3-4-6-15(13)10-21(26)24-17-7-8-20-18(12-17)19-11-16(23)9-14(2)22(19)25-20/h3-6,9,11,17,25H,7-8,10,12H2,1-2H3,(H,24,26)/t17-/m0/s1. The van der Waals surface area contributed by atoms with Crippen LogP contribution in [-0.2, 0) is 24.1 Å². The Morgan fingerprint density at radius 1 is 1.23 bits per heavy atom. The molecule has 0 unspecified atom stereocenters. The van der Waals surface area contributed by atoms with Crippen molar-refractivity contribution in [3.8, 4) is 0 Å². The maximum atomic E-state index is 12.5. The molecule has 0 radical (unpaired) electrons. The minimum Gasteiger partial charge on any atom is -0.358 e. The van der Waals surface area contributed by atoms with Crippen LogP contribution in [0.15, 0.2) is 36.4 Å². The predicted molar refractivity (Wildman–Crippen MR) is 107 cm³/mol. The van der Waals surface area contributed by atoms with Crippen LogP contribution in [0.5, 0.6) is 0 Å². The first-order chi connectivity index (χ1) is 12.5. The summed E-state index contributed by atoms with van der Waals surface area (Å²) in [7, 11) is 0. The van der Waals surface area contributed by atoms with Crippen molar-refractivity contribution in [3.05, 3.63) is 69.4 Å². The third kappa shape index (κ3) is 3.24. The second-order valence-corrected chi connectivity index (χ2v) is 7.77. The highest BCUT2D eigenvalue weighted by atomic mass is 35.5. The van der Waals surface area contributed by atoms with E-state index in [1.54, 1.807) is 0 Å². The van der Waals surface area contributed by atoms with Crippen molar-refractivity contribution >= 4 is 28.4 Å². The molecular weight excluding hydrogens is 344 g/mol. The fourth-order valence-corrected chi connectivity index (χ4v) is 4.31. The maximum absolute atomic E-state index is 12.5. The van der Waals surface area contributed by atoms with Gasteiger partial charge in [0.05, 0.1) is 6.42 Å². The van der Waals surface area contributed by atoms with Crippen LogP contribution in [0.1, 0.15) is 34.4 Å². The van der Waals surface area contributed by atoms with E-state index in [4.69, 9.17) is 11.6 Å². The normalized spacial score (nSPS) is 16.5. The van der Waals surface area contributed by atoms with Gasteiger partial charge in [0, 0.05) is 27.7 Å². The number of benzene rings is 2. The first-order valence-corrected chi connectivity index (χ1v) is 9.52. The number of rotatable bonds is 3. The fourth-order valence-electron chi connectivity index (χ4n) is 4.03. The predicted octanol–water partition coefficient (Wildman–Crippen LogP) is 4.65. The molecule has 134 valence electrons. The van der Waals surface area contributed by atoms with Gasteiger partial charge in [0.15, 0.2) is 0 Å². The van der Waals surface area contributed by atoms with E-state index < -0.39 is 0 Å². The van der Waals surface area contributed by atoms with Crippen molar-refractivity contribution in [1.29, 1.82) is 0 Å². The summed E-state index contributed by atoms with van der Waals surface area (Å²) >= 11 is 6.27. The summed E-state index contributed by atoms with van der Waals surface area (Å²) in [5.74, 6) is 0.0989. The molecule has 1 aliphatic carbocycles. The monoisotopic (exact) mass is 366 g/mol. The molecule has 1 heterocycles. The van der Waals surface area contributed by atoms with Crippen LogP contribution in [0.3, 0.4) is 0 Å². The maximum Gasteiger partial charge on any atom is 0.224 e. The second-order valence-electron chi connectivity index (χ2n) is 7.34. The lowest BCUT2D eigenvalue weighted by molar-refractivity contribution is -0.121. The minimum absolute atomic E-state index is 0.0989. The van der Waals surface area contributed by atoms with Crippen LogP contribution < -0.4 is 5.32 Å². The number of aryl methyl sites for hydroxylation is 3. The summed E-state index contributed by atoms with van der Waals surface area (Å²) in [5.41, 5.74) is 7.19. The Kier molecular flexibility index (Phi) is 4.49. The lowest BCUT2D eigenvalue weighted by Crippen LogP contribution is -2.39. The molecule has 0 bridgehead atoms. The van der Waals surface area contributed by atoms with Crippen molar-refractivity contribution in [3.63, 3.8) is 0 Å². The average Bonchev–Trinajstić information content (AvgIpc) is 2.95. The van der Waals surface area contributed by atoms with Crippen LogP contribution in [0.2, 0.25) is 5.02 Å². The SMILES string of the molecule is Cc1ccccc1CC(=O)N[C@H]1CCc2[nH]c3c(C)cc(Cl)cc3c2C1. The number of fused-ring (bicyclic) bond motifs is 3. The Balaban J connectivity index is 1.51. The van der Waals surface area contributed by atoms with Crippen LogP contribution >= 0.6 is 11.6 Å². The van der Waals surface area contributed by atoms with Crippen molar-refractivity contribution in [2.24, 2.45) is 0 Å². The van der Waals surface area contributed by atoms with Crippen molar-refractivity contribution < 1.29 is 4.79 Å². The zero-order valence-electron chi connectivity index (χ0n) is 15.2. The van der Waals surface area contributed by atoms with E-state index >= 15 is 0 Å². The summed E-state index contributed by atoms with van der Waals surface area (Å²) in [6.45, 7) is 4.13. The number of carbonyl (C=O) groups excluding carboxylic acids is 1. The van der Waals surface area contributed by atoms with Gasteiger partial charge in [0.2, 0.25) is 5.91 Å². The fraction of sp³-hybridized carbons (Fsp3) is 0.318. The molecule has 1 amide bonds. The van der Waals surface area contributed by atoms with Crippen LogP contribution in [0, 0.1) is 13.8 Å². The lowest BCUT2D eigenvalue weighted by Gasteiger charge is -2.24. The summed E-state index contributed by atoms with van der Waals surface area (Å²) in [5, 5.41) is 5.20. The Bertz CT molecular complexity index is 989. The van der Waals surface area contributed by atoms with E-state index in [9.17, 15) is 4.79 Å². The smallest absolute Gasteiger partial charge is 0.224 e. The number of halogens is 1. The Morgan fingerprint density at radius 2 is 2.04 bits per heavy atom. The summed E-state index contributed by atoms with van der Waals surface area (Å²) < 4.78 is 0. The van der Waals surface area contributed by atoms with Gasteiger partial charge in [-0.05, 0) is 67.5 Å². The van der Waals surface area contributed by atoms with E-state index in [-0.39, 0.29) is 11.9 Å². The van der Waals surface area contributed by atoms with E-state index in [1.807, 2.05) is 43.3 Å². The van der Waals surface area contributed by atoms with E-state index in [0.717, 1.165) is 35.4 Å². The lowest BCUT2D eigenvalue weighted by atomic mass is 9.91. The number of aromatic nitrogens is 1. The first kappa shape index (κ1) is 17.2. The molecule has 2 aromatic carbocycles. The van der Waals surface area contributed by atoms with Crippen molar-refractivity contribution in [1.82, 2.24) is 10.3 Å². The molecular formula is C22H23ClN2O. The van der Waals surface area contributed by atoms with E-state index in [2.05, 4.69) is 17.2 Å². The zero-order valence-corrected chi connectivity index (χ0v) is 15.9. The average molecular weight is 367 g/mol. The van der Waals surface area contributed by atoms with Gasteiger partial charge in [-0.1, -0.05) is 35.9 Å². The van der Waals surface area contributed by atoms with E-state index in [0.29, 0.717) is 6.42 Å². The number of hydrogen-bond acceptors (Lipinski definition) is 1.